The maximum atomic E-state index is 9.82. The zero-order valence-electron chi connectivity index (χ0n) is 22.8. The maximum Gasteiger partial charge on any atom is 0.103 e. The average molecular weight is 528 g/mol. The molecule has 5 aromatic rings. The molecule has 1 fully saturated rings. The van der Waals surface area contributed by atoms with Crippen molar-refractivity contribution in [1.82, 2.24) is 14.8 Å². The highest BCUT2D eigenvalue weighted by Crippen LogP contribution is 2.32. The molecule has 0 unspecified atom stereocenters. The van der Waals surface area contributed by atoms with Crippen LogP contribution in [0, 0.1) is 11.3 Å². The molecule has 0 saturated carbocycles. The van der Waals surface area contributed by atoms with Crippen molar-refractivity contribution in [2.75, 3.05) is 38.0 Å². The van der Waals surface area contributed by atoms with E-state index in [1.165, 1.54) is 16.7 Å². The van der Waals surface area contributed by atoms with Crippen molar-refractivity contribution in [2.24, 2.45) is 0 Å². The zero-order chi connectivity index (χ0) is 27.3. The zero-order valence-corrected chi connectivity index (χ0v) is 22.8. The van der Waals surface area contributed by atoms with Gasteiger partial charge in [-0.2, -0.15) is 5.26 Å². The molecule has 200 valence electrons. The Hall–Kier alpha value is -4.44. The van der Waals surface area contributed by atoms with Gasteiger partial charge in [-0.1, -0.05) is 49.4 Å². The third-order valence-corrected chi connectivity index (χ3v) is 7.78. The van der Waals surface area contributed by atoms with Gasteiger partial charge in [0, 0.05) is 56.4 Å². The van der Waals surface area contributed by atoms with Gasteiger partial charge in [-0.25, -0.2) is 0 Å². The summed E-state index contributed by atoms with van der Waals surface area (Å²) < 4.78 is 5.18. The Morgan fingerprint density at radius 2 is 1.68 bits per heavy atom. The van der Waals surface area contributed by atoms with E-state index >= 15 is 0 Å². The van der Waals surface area contributed by atoms with E-state index in [1.54, 1.807) is 18.7 Å². The van der Waals surface area contributed by atoms with Crippen LogP contribution in [0.25, 0.3) is 22.0 Å². The number of piperazine rings is 1. The SMILES string of the molecule is CCN1CCN(Cc2cccc(-c3ccc4c(Nc5ccc(Cc6ccoc6)cc5)c(C#N)cnc4c3)c2)CC1. The number of benzene rings is 3. The Bertz CT molecular complexity index is 1630. The minimum atomic E-state index is 0.521. The predicted molar refractivity (Wildman–Crippen MR) is 161 cm³/mol. The lowest BCUT2D eigenvalue weighted by Gasteiger charge is -2.34. The summed E-state index contributed by atoms with van der Waals surface area (Å²) in [4.78, 5) is 9.69. The second kappa shape index (κ2) is 11.7. The summed E-state index contributed by atoms with van der Waals surface area (Å²) in [7, 11) is 0. The summed E-state index contributed by atoms with van der Waals surface area (Å²) in [5.74, 6) is 0. The molecule has 6 heteroatoms. The number of likely N-dealkylation sites (N-methyl/N-ethyl adjacent to an activating group) is 1. The predicted octanol–water partition coefficient (Wildman–Crippen LogP) is 6.84. The van der Waals surface area contributed by atoms with Crippen molar-refractivity contribution in [3.8, 4) is 17.2 Å². The second-order valence-electron chi connectivity index (χ2n) is 10.4. The van der Waals surface area contributed by atoms with Crippen molar-refractivity contribution in [1.29, 1.82) is 5.26 Å². The van der Waals surface area contributed by atoms with Gasteiger partial charge in [0.1, 0.15) is 6.07 Å². The molecule has 0 spiro atoms. The highest BCUT2D eigenvalue weighted by atomic mass is 16.3. The van der Waals surface area contributed by atoms with Crippen molar-refractivity contribution in [3.05, 3.63) is 114 Å². The van der Waals surface area contributed by atoms with Crippen LogP contribution in [0.5, 0.6) is 0 Å². The van der Waals surface area contributed by atoms with Gasteiger partial charge in [0.05, 0.1) is 29.3 Å². The van der Waals surface area contributed by atoms with Gasteiger partial charge >= 0.3 is 0 Å². The van der Waals surface area contributed by atoms with Crippen LogP contribution in [-0.4, -0.2) is 47.5 Å². The topological polar surface area (TPSA) is 68.3 Å². The minimum Gasteiger partial charge on any atom is -0.472 e. The third kappa shape index (κ3) is 5.76. The molecule has 0 bridgehead atoms. The lowest BCUT2D eigenvalue weighted by molar-refractivity contribution is 0.132. The number of anilines is 2. The van der Waals surface area contributed by atoms with Gasteiger partial charge in [0.15, 0.2) is 0 Å². The molecule has 0 aliphatic carbocycles. The molecular formula is C34H33N5O. The lowest BCUT2D eigenvalue weighted by atomic mass is 10.00. The molecule has 6 rings (SSSR count). The smallest absolute Gasteiger partial charge is 0.103 e. The van der Waals surface area contributed by atoms with Gasteiger partial charge < -0.3 is 14.6 Å². The molecule has 3 heterocycles. The Kier molecular flexibility index (Phi) is 7.58. The molecule has 0 amide bonds. The minimum absolute atomic E-state index is 0.521. The first kappa shape index (κ1) is 25.8. The number of nitrogens with one attached hydrogen (secondary N) is 1. The first-order valence-electron chi connectivity index (χ1n) is 13.9. The summed E-state index contributed by atoms with van der Waals surface area (Å²) in [6.45, 7) is 8.85. The Morgan fingerprint density at radius 1 is 0.875 bits per heavy atom. The molecule has 6 nitrogen and oxygen atoms in total. The molecule has 3 aromatic carbocycles. The molecule has 40 heavy (non-hydrogen) atoms. The van der Waals surface area contributed by atoms with Crippen LogP contribution in [0.2, 0.25) is 0 Å². The number of nitriles is 1. The number of pyridine rings is 1. The largest absolute Gasteiger partial charge is 0.472 e. The summed E-state index contributed by atoms with van der Waals surface area (Å²) in [6.07, 6.45) is 5.94. The summed E-state index contributed by atoms with van der Waals surface area (Å²) >= 11 is 0. The number of hydrogen-bond donors (Lipinski definition) is 1. The standard InChI is InChI=1S/C34H33N5O/c1-2-38-13-15-39(16-14-38)23-26-4-3-5-28(19-26)29-8-11-32-33(20-29)36-22-30(21-35)34(32)37-31-9-6-25(7-10-31)18-27-12-17-40-24-27/h3-12,17,19-20,22,24H,2,13-16,18,23H2,1H3,(H,36,37). The van der Waals surface area contributed by atoms with E-state index in [9.17, 15) is 5.26 Å². The molecule has 0 radical (unpaired) electrons. The summed E-state index contributed by atoms with van der Waals surface area (Å²) in [5.41, 5.74) is 9.06. The van der Waals surface area contributed by atoms with Crippen LogP contribution in [0.1, 0.15) is 29.2 Å². The van der Waals surface area contributed by atoms with Gasteiger partial charge in [-0.3, -0.25) is 9.88 Å². The highest BCUT2D eigenvalue weighted by Gasteiger charge is 2.16. The number of rotatable bonds is 8. The van der Waals surface area contributed by atoms with Gasteiger partial charge in [-0.05, 0) is 64.7 Å². The van der Waals surface area contributed by atoms with Crippen molar-refractivity contribution >= 4 is 22.3 Å². The first-order valence-corrected chi connectivity index (χ1v) is 13.9. The van der Waals surface area contributed by atoms with Crippen LogP contribution in [-0.2, 0) is 13.0 Å². The maximum absolute atomic E-state index is 9.82. The van der Waals surface area contributed by atoms with Gasteiger partial charge in [-0.15, -0.1) is 0 Å². The molecule has 1 aliphatic heterocycles. The summed E-state index contributed by atoms with van der Waals surface area (Å²) in [5, 5.41) is 14.2. The molecule has 1 N–H and O–H groups in total. The van der Waals surface area contributed by atoms with E-state index in [1.807, 2.05) is 18.2 Å². The van der Waals surface area contributed by atoms with E-state index in [0.29, 0.717) is 5.56 Å². The Labute approximate surface area is 235 Å². The molecular weight excluding hydrogens is 494 g/mol. The third-order valence-electron chi connectivity index (χ3n) is 7.78. The van der Waals surface area contributed by atoms with Gasteiger partial charge in [0.25, 0.3) is 0 Å². The van der Waals surface area contributed by atoms with E-state index in [2.05, 4.69) is 87.7 Å². The number of hydrogen-bond acceptors (Lipinski definition) is 6. The van der Waals surface area contributed by atoms with E-state index in [4.69, 9.17) is 4.42 Å². The van der Waals surface area contributed by atoms with Crippen molar-refractivity contribution in [3.63, 3.8) is 0 Å². The monoisotopic (exact) mass is 527 g/mol. The van der Waals surface area contributed by atoms with Crippen LogP contribution in [0.15, 0.2) is 95.9 Å². The fraction of sp³-hybridized carbons (Fsp3) is 0.235. The second-order valence-corrected chi connectivity index (χ2v) is 10.4. The van der Waals surface area contributed by atoms with Crippen LogP contribution >= 0.6 is 0 Å². The van der Waals surface area contributed by atoms with Crippen LogP contribution in [0.4, 0.5) is 11.4 Å². The number of aromatic nitrogens is 1. The quantitative estimate of drug-likeness (QED) is 0.238. The highest BCUT2D eigenvalue weighted by molar-refractivity contribution is 5.97. The van der Waals surface area contributed by atoms with Crippen molar-refractivity contribution in [2.45, 2.75) is 19.9 Å². The number of fused-ring (bicyclic) bond motifs is 1. The Morgan fingerprint density at radius 3 is 2.42 bits per heavy atom. The molecule has 1 aliphatic rings. The van der Waals surface area contributed by atoms with Crippen LogP contribution < -0.4 is 5.32 Å². The fourth-order valence-electron chi connectivity index (χ4n) is 5.44. The van der Waals surface area contributed by atoms with Crippen LogP contribution in [0.3, 0.4) is 0 Å². The fourth-order valence-corrected chi connectivity index (χ4v) is 5.44. The molecule has 2 aromatic heterocycles. The summed E-state index contributed by atoms with van der Waals surface area (Å²) in [6, 6.07) is 27.7. The average Bonchev–Trinajstić information content (AvgIpc) is 3.52. The molecule has 0 atom stereocenters. The lowest BCUT2D eigenvalue weighted by Crippen LogP contribution is -2.45. The van der Waals surface area contributed by atoms with Crippen molar-refractivity contribution < 1.29 is 4.42 Å². The number of furan rings is 1. The van der Waals surface area contributed by atoms with E-state index in [0.717, 1.165) is 79.1 Å². The molecule has 1 saturated heterocycles. The van der Waals surface area contributed by atoms with E-state index < -0.39 is 0 Å². The van der Waals surface area contributed by atoms with Gasteiger partial charge in [0.2, 0.25) is 0 Å². The first-order chi connectivity index (χ1) is 19.7. The van der Waals surface area contributed by atoms with E-state index in [-0.39, 0.29) is 0 Å². The Balaban J connectivity index is 1.22. The normalized spacial score (nSPS) is 14.3. The number of nitrogens with zero attached hydrogens (tertiary/aromatic N) is 4.